The molecule has 0 aliphatic heterocycles. The normalized spacial score (nSPS) is 10.1. The zero-order chi connectivity index (χ0) is 10.0. The molecule has 0 atom stereocenters. The molecule has 0 fully saturated rings. The first-order valence-electron chi connectivity index (χ1n) is 3.99. The van der Waals surface area contributed by atoms with E-state index in [0.717, 1.165) is 6.07 Å². The molecular formula is C9H10FNO2. The van der Waals surface area contributed by atoms with E-state index in [2.05, 4.69) is 0 Å². The summed E-state index contributed by atoms with van der Waals surface area (Å²) < 4.78 is 12.9. The number of nitrogens with zero attached hydrogens (tertiary/aromatic N) is 1. The number of benzene rings is 1. The fraction of sp³-hybridized carbons (Fsp3) is 0.333. The number of halogens is 1. The van der Waals surface area contributed by atoms with E-state index in [1.807, 2.05) is 6.92 Å². The molecule has 0 N–H and O–H groups in total. The maximum absolute atomic E-state index is 12.9. The molecule has 0 radical (unpaired) electrons. The van der Waals surface area contributed by atoms with Gasteiger partial charge >= 0.3 is 0 Å². The Morgan fingerprint density at radius 1 is 1.54 bits per heavy atom. The van der Waals surface area contributed by atoms with Crippen LogP contribution in [0.4, 0.5) is 10.1 Å². The maximum atomic E-state index is 12.9. The van der Waals surface area contributed by atoms with Crippen LogP contribution in [0, 0.1) is 22.9 Å². The summed E-state index contributed by atoms with van der Waals surface area (Å²) in [4.78, 5) is 9.92. The zero-order valence-electron chi connectivity index (χ0n) is 7.50. The van der Waals surface area contributed by atoms with Crippen LogP contribution in [-0.2, 0) is 6.42 Å². The van der Waals surface area contributed by atoms with Crippen molar-refractivity contribution in [3.05, 3.63) is 39.2 Å². The van der Waals surface area contributed by atoms with E-state index in [4.69, 9.17) is 0 Å². The molecule has 70 valence electrons. The van der Waals surface area contributed by atoms with Crippen LogP contribution >= 0.6 is 0 Å². The summed E-state index contributed by atoms with van der Waals surface area (Å²) in [5.41, 5.74) is 1.09. The van der Waals surface area contributed by atoms with Crippen molar-refractivity contribution in [1.82, 2.24) is 0 Å². The first-order chi connectivity index (χ1) is 6.06. The molecule has 0 heterocycles. The molecule has 0 aliphatic carbocycles. The van der Waals surface area contributed by atoms with E-state index in [-0.39, 0.29) is 5.69 Å². The van der Waals surface area contributed by atoms with E-state index < -0.39 is 10.7 Å². The fourth-order valence-electron chi connectivity index (χ4n) is 1.28. The lowest BCUT2D eigenvalue weighted by Crippen LogP contribution is -1.97. The van der Waals surface area contributed by atoms with Gasteiger partial charge in [-0.2, -0.15) is 0 Å². The topological polar surface area (TPSA) is 43.1 Å². The molecule has 4 heteroatoms. The van der Waals surface area contributed by atoms with Crippen LogP contribution in [0.1, 0.15) is 18.1 Å². The number of nitro groups is 1. The third kappa shape index (κ3) is 1.83. The lowest BCUT2D eigenvalue weighted by Gasteiger charge is -2.03. The molecule has 1 rings (SSSR count). The van der Waals surface area contributed by atoms with Crippen molar-refractivity contribution >= 4 is 5.69 Å². The summed E-state index contributed by atoms with van der Waals surface area (Å²) >= 11 is 0. The van der Waals surface area contributed by atoms with E-state index >= 15 is 0 Å². The Balaban J connectivity index is 3.35. The number of rotatable bonds is 2. The van der Waals surface area contributed by atoms with Crippen LogP contribution in [0.2, 0.25) is 0 Å². The zero-order valence-corrected chi connectivity index (χ0v) is 7.50. The van der Waals surface area contributed by atoms with Gasteiger partial charge in [-0.15, -0.1) is 0 Å². The largest absolute Gasteiger partial charge is 0.275 e. The highest BCUT2D eigenvalue weighted by atomic mass is 19.1. The van der Waals surface area contributed by atoms with Gasteiger partial charge in [0.15, 0.2) is 0 Å². The van der Waals surface area contributed by atoms with Crippen LogP contribution < -0.4 is 0 Å². The van der Waals surface area contributed by atoms with Crippen LogP contribution in [0.15, 0.2) is 12.1 Å². The molecule has 0 saturated heterocycles. The van der Waals surface area contributed by atoms with Gasteiger partial charge in [0, 0.05) is 5.56 Å². The number of hydrogen-bond donors (Lipinski definition) is 0. The molecule has 0 aliphatic rings. The second kappa shape index (κ2) is 3.51. The van der Waals surface area contributed by atoms with Crippen LogP contribution in [0.25, 0.3) is 0 Å². The van der Waals surface area contributed by atoms with Crippen molar-refractivity contribution in [2.75, 3.05) is 0 Å². The van der Waals surface area contributed by atoms with Gasteiger partial charge < -0.3 is 0 Å². The predicted octanol–water partition coefficient (Wildman–Crippen LogP) is 2.60. The quantitative estimate of drug-likeness (QED) is 0.522. The van der Waals surface area contributed by atoms with Crippen molar-refractivity contribution in [3.63, 3.8) is 0 Å². The van der Waals surface area contributed by atoms with Crippen molar-refractivity contribution in [2.24, 2.45) is 0 Å². The second-order valence-corrected chi connectivity index (χ2v) is 2.82. The average molecular weight is 183 g/mol. The molecule has 1 aromatic rings. The summed E-state index contributed by atoms with van der Waals surface area (Å²) in [7, 11) is 0. The summed E-state index contributed by atoms with van der Waals surface area (Å²) in [5, 5.41) is 10.5. The average Bonchev–Trinajstić information content (AvgIpc) is 2.08. The monoisotopic (exact) mass is 183 g/mol. The minimum Gasteiger partial charge on any atom is -0.258 e. The summed E-state index contributed by atoms with van der Waals surface area (Å²) in [5.74, 6) is -0.547. The highest BCUT2D eigenvalue weighted by Gasteiger charge is 2.14. The standard InChI is InChI=1S/C9H10FNO2/c1-3-7-4-8(10)5-9(6(7)2)11(12)13/h4-5H,3H2,1-2H3. The molecule has 0 aromatic heterocycles. The highest BCUT2D eigenvalue weighted by Crippen LogP contribution is 2.23. The predicted molar refractivity (Wildman–Crippen MR) is 47.2 cm³/mol. The molecule has 0 saturated carbocycles. The molecule has 0 spiro atoms. The molecule has 0 unspecified atom stereocenters. The highest BCUT2D eigenvalue weighted by molar-refractivity contribution is 5.45. The van der Waals surface area contributed by atoms with E-state index in [1.54, 1.807) is 6.92 Å². The Bertz CT molecular complexity index is 350. The molecule has 0 bridgehead atoms. The molecule has 0 amide bonds. The van der Waals surface area contributed by atoms with Crippen molar-refractivity contribution in [2.45, 2.75) is 20.3 Å². The minimum atomic E-state index is -0.558. The lowest BCUT2D eigenvalue weighted by molar-refractivity contribution is -0.385. The van der Waals surface area contributed by atoms with Gasteiger partial charge in [-0.1, -0.05) is 6.92 Å². The van der Waals surface area contributed by atoms with E-state index in [0.29, 0.717) is 17.5 Å². The molecule has 1 aromatic carbocycles. The van der Waals surface area contributed by atoms with Crippen molar-refractivity contribution in [3.8, 4) is 0 Å². The van der Waals surface area contributed by atoms with Crippen molar-refractivity contribution < 1.29 is 9.31 Å². The number of hydrogen-bond acceptors (Lipinski definition) is 2. The Hall–Kier alpha value is -1.45. The molecule has 13 heavy (non-hydrogen) atoms. The Kier molecular flexibility index (Phi) is 2.60. The Labute approximate surface area is 75.3 Å². The summed E-state index contributed by atoms with van der Waals surface area (Å²) in [6.07, 6.45) is 0.602. The second-order valence-electron chi connectivity index (χ2n) is 2.82. The van der Waals surface area contributed by atoms with Gasteiger partial charge in [0.1, 0.15) is 5.82 Å². The number of aryl methyl sites for hydroxylation is 1. The SMILES string of the molecule is CCc1cc(F)cc([N+](=O)[O-])c1C. The maximum Gasteiger partial charge on any atom is 0.275 e. The van der Waals surface area contributed by atoms with Gasteiger partial charge in [0.05, 0.1) is 11.0 Å². The van der Waals surface area contributed by atoms with E-state index in [9.17, 15) is 14.5 Å². The van der Waals surface area contributed by atoms with Crippen LogP contribution in [0.3, 0.4) is 0 Å². The molecule has 3 nitrogen and oxygen atoms in total. The van der Waals surface area contributed by atoms with Gasteiger partial charge in [0.25, 0.3) is 5.69 Å². The minimum absolute atomic E-state index is 0.142. The van der Waals surface area contributed by atoms with Crippen molar-refractivity contribution in [1.29, 1.82) is 0 Å². The summed E-state index contributed by atoms with van der Waals surface area (Å²) in [6.45, 7) is 3.47. The van der Waals surface area contributed by atoms with Crippen LogP contribution in [0.5, 0.6) is 0 Å². The summed E-state index contributed by atoms with van der Waals surface area (Å²) in [6, 6.07) is 2.29. The fourth-order valence-corrected chi connectivity index (χ4v) is 1.28. The van der Waals surface area contributed by atoms with Crippen LogP contribution in [-0.4, -0.2) is 4.92 Å². The Morgan fingerprint density at radius 3 is 2.62 bits per heavy atom. The first-order valence-corrected chi connectivity index (χ1v) is 3.99. The van der Waals surface area contributed by atoms with Gasteiger partial charge in [0.2, 0.25) is 0 Å². The Morgan fingerprint density at radius 2 is 2.15 bits per heavy atom. The third-order valence-corrected chi connectivity index (χ3v) is 2.03. The third-order valence-electron chi connectivity index (χ3n) is 2.03. The molecular weight excluding hydrogens is 173 g/mol. The lowest BCUT2D eigenvalue weighted by atomic mass is 10.0. The van der Waals surface area contributed by atoms with Gasteiger partial charge in [-0.05, 0) is 25.0 Å². The first kappa shape index (κ1) is 9.64. The smallest absolute Gasteiger partial charge is 0.258 e. The van der Waals surface area contributed by atoms with Gasteiger partial charge in [-0.25, -0.2) is 4.39 Å². The van der Waals surface area contributed by atoms with Gasteiger partial charge in [-0.3, -0.25) is 10.1 Å². The number of nitro benzene ring substituents is 1. The van der Waals surface area contributed by atoms with E-state index in [1.165, 1.54) is 6.07 Å².